The Morgan fingerprint density at radius 2 is 1.82 bits per heavy atom. The molecule has 1 aromatic heterocycles. The van der Waals surface area contributed by atoms with Gasteiger partial charge in [0, 0.05) is 55.0 Å². The van der Waals surface area contributed by atoms with Crippen molar-refractivity contribution in [3.8, 4) is 0 Å². The molecule has 0 saturated carbocycles. The summed E-state index contributed by atoms with van der Waals surface area (Å²) >= 11 is 0. The number of unbranched alkanes of at least 4 members (excludes halogenated alkanes) is 3. The standard InChI is InChI=1S/C29H46N2O2/c1-4-6-7-8-12-22-19-23-15-16-24(20-22)31(23)18-10-17-30-21-26(27(32)11-5-2)25-13-9-14-28(33-3)29(25)30/h13,21-24H,4-12,14-20H2,1-3H3. The Kier molecular flexibility index (Phi) is 8.73. The van der Waals surface area contributed by atoms with Gasteiger partial charge >= 0.3 is 0 Å². The summed E-state index contributed by atoms with van der Waals surface area (Å²) in [6.45, 7) is 6.55. The van der Waals surface area contributed by atoms with Gasteiger partial charge in [-0.3, -0.25) is 9.69 Å². The van der Waals surface area contributed by atoms with E-state index in [1.165, 1.54) is 64.3 Å². The van der Waals surface area contributed by atoms with Gasteiger partial charge in [0.15, 0.2) is 5.78 Å². The zero-order valence-corrected chi connectivity index (χ0v) is 21.4. The van der Waals surface area contributed by atoms with Crippen LogP contribution in [0.4, 0.5) is 0 Å². The number of nitrogens with zero attached hydrogens (tertiary/aromatic N) is 2. The van der Waals surface area contributed by atoms with E-state index in [0.29, 0.717) is 6.42 Å². The average Bonchev–Trinajstić information content (AvgIpc) is 3.31. The Bertz CT molecular complexity index is 901. The van der Waals surface area contributed by atoms with Crippen molar-refractivity contribution in [2.24, 2.45) is 5.92 Å². The molecule has 2 bridgehead atoms. The van der Waals surface area contributed by atoms with Crippen LogP contribution in [0.3, 0.4) is 0 Å². The van der Waals surface area contributed by atoms with Crippen LogP contribution in [0.25, 0.3) is 11.8 Å². The summed E-state index contributed by atoms with van der Waals surface area (Å²) in [6.07, 6.45) is 21.7. The SMILES string of the molecule is CCCCCCC1CC2CCC(C1)N2CCCn1cc(C(=O)CCC)c2c1=C(OC)CCC=2. The predicted octanol–water partition coefficient (Wildman–Crippen LogP) is 5.40. The lowest BCUT2D eigenvalue weighted by atomic mass is 9.86. The minimum atomic E-state index is 0.278. The van der Waals surface area contributed by atoms with Crippen molar-refractivity contribution in [2.45, 2.75) is 122 Å². The maximum atomic E-state index is 12.8. The largest absolute Gasteiger partial charge is 0.499 e. The molecule has 2 unspecified atom stereocenters. The third kappa shape index (κ3) is 5.58. The molecule has 2 fully saturated rings. The van der Waals surface area contributed by atoms with E-state index in [4.69, 9.17) is 4.74 Å². The Balaban J connectivity index is 1.38. The summed E-state index contributed by atoms with van der Waals surface area (Å²) < 4.78 is 8.09. The Hall–Kier alpha value is -1.55. The van der Waals surface area contributed by atoms with Gasteiger partial charge in [-0.2, -0.15) is 0 Å². The molecule has 184 valence electrons. The number of ketones is 1. The first-order valence-electron chi connectivity index (χ1n) is 13.9. The van der Waals surface area contributed by atoms with Gasteiger partial charge < -0.3 is 9.30 Å². The summed E-state index contributed by atoms with van der Waals surface area (Å²) in [7, 11) is 1.78. The van der Waals surface area contributed by atoms with Crippen molar-refractivity contribution in [3.63, 3.8) is 0 Å². The monoisotopic (exact) mass is 454 g/mol. The number of ether oxygens (including phenoxy) is 1. The van der Waals surface area contributed by atoms with E-state index in [-0.39, 0.29) is 5.78 Å². The second-order valence-electron chi connectivity index (χ2n) is 10.7. The smallest absolute Gasteiger partial charge is 0.165 e. The predicted molar refractivity (Wildman–Crippen MR) is 137 cm³/mol. The molecule has 0 spiro atoms. The van der Waals surface area contributed by atoms with Crippen molar-refractivity contribution in [2.75, 3.05) is 13.7 Å². The molecule has 2 aliphatic heterocycles. The first-order chi connectivity index (χ1) is 16.2. The van der Waals surface area contributed by atoms with Crippen molar-refractivity contribution < 1.29 is 9.53 Å². The van der Waals surface area contributed by atoms with Crippen LogP contribution in [0, 0.1) is 5.92 Å². The molecule has 4 nitrogen and oxygen atoms in total. The van der Waals surface area contributed by atoms with Crippen molar-refractivity contribution in [1.29, 1.82) is 0 Å². The van der Waals surface area contributed by atoms with Gasteiger partial charge in [-0.1, -0.05) is 52.0 Å². The number of fused-ring (bicyclic) bond motifs is 3. The summed E-state index contributed by atoms with van der Waals surface area (Å²) in [4.78, 5) is 15.6. The third-order valence-electron chi connectivity index (χ3n) is 8.39. The van der Waals surface area contributed by atoms with Crippen LogP contribution < -0.4 is 10.6 Å². The third-order valence-corrected chi connectivity index (χ3v) is 8.39. The lowest BCUT2D eigenvalue weighted by molar-refractivity contribution is 0.0964. The fourth-order valence-corrected chi connectivity index (χ4v) is 6.79. The van der Waals surface area contributed by atoms with Crippen LogP contribution in [-0.4, -0.2) is 41.0 Å². The summed E-state index contributed by atoms with van der Waals surface area (Å²) in [6, 6.07) is 1.63. The molecule has 0 aromatic carbocycles. The van der Waals surface area contributed by atoms with Crippen LogP contribution in [0.1, 0.15) is 114 Å². The quantitative estimate of drug-likeness (QED) is 0.295. The molecular weight excluding hydrogens is 408 g/mol. The lowest BCUT2D eigenvalue weighted by Crippen LogP contribution is -2.43. The Labute approximate surface area is 201 Å². The number of methoxy groups -OCH3 is 1. The first-order valence-corrected chi connectivity index (χ1v) is 13.9. The molecule has 0 radical (unpaired) electrons. The van der Waals surface area contributed by atoms with Crippen molar-refractivity contribution in [3.05, 3.63) is 22.3 Å². The first kappa shape index (κ1) is 24.6. The highest BCUT2D eigenvalue weighted by atomic mass is 16.5. The van der Waals surface area contributed by atoms with Crippen molar-refractivity contribution in [1.82, 2.24) is 9.47 Å². The van der Waals surface area contributed by atoms with E-state index in [9.17, 15) is 4.79 Å². The molecule has 2 atom stereocenters. The topological polar surface area (TPSA) is 34.5 Å². The van der Waals surface area contributed by atoms with Gasteiger partial charge in [0.1, 0.15) is 5.76 Å². The van der Waals surface area contributed by atoms with E-state index < -0.39 is 0 Å². The van der Waals surface area contributed by atoms with Crippen LogP contribution in [0.15, 0.2) is 6.20 Å². The van der Waals surface area contributed by atoms with Gasteiger partial charge in [-0.15, -0.1) is 0 Å². The molecule has 4 rings (SSSR count). The molecule has 0 amide bonds. The number of Topliss-reactive ketones (excluding diaryl/α,β-unsaturated/α-hetero) is 1. The molecule has 2 saturated heterocycles. The van der Waals surface area contributed by atoms with Gasteiger partial charge in [0.2, 0.25) is 0 Å². The average molecular weight is 455 g/mol. The zero-order chi connectivity index (χ0) is 23.2. The second kappa shape index (κ2) is 11.7. The van der Waals surface area contributed by atoms with Gasteiger partial charge in [-0.05, 0) is 50.9 Å². The highest BCUT2D eigenvalue weighted by molar-refractivity contribution is 5.96. The number of aryl methyl sites for hydroxylation is 1. The second-order valence-corrected chi connectivity index (χ2v) is 10.7. The van der Waals surface area contributed by atoms with E-state index >= 15 is 0 Å². The number of hydrogen-bond donors (Lipinski definition) is 0. The maximum absolute atomic E-state index is 12.8. The lowest BCUT2D eigenvalue weighted by Gasteiger charge is -2.39. The van der Waals surface area contributed by atoms with Crippen molar-refractivity contribution >= 4 is 17.6 Å². The minimum absolute atomic E-state index is 0.278. The summed E-state index contributed by atoms with van der Waals surface area (Å²) in [5.41, 5.74) is 0.907. The van der Waals surface area contributed by atoms with Gasteiger partial charge in [-0.25, -0.2) is 0 Å². The maximum Gasteiger partial charge on any atom is 0.165 e. The van der Waals surface area contributed by atoms with E-state index in [1.54, 1.807) is 7.11 Å². The molecule has 3 aliphatic rings. The number of carbonyl (C=O) groups is 1. The fourth-order valence-electron chi connectivity index (χ4n) is 6.79. The van der Waals surface area contributed by atoms with Gasteiger partial charge in [0.25, 0.3) is 0 Å². The summed E-state index contributed by atoms with van der Waals surface area (Å²) in [5.74, 6) is 2.29. The number of rotatable bonds is 13. The number of piperidine rings is 1. The minimum Gasteiger partial charge on any atom is -0.499 e. The Morgan fingerprint density at radius 3 is 2.52 bits per heavy atom. The molecule has 33 heavy (non-hydrogen) atoms. The van der Waals surface area contributed by atoms with Gasteiger partial charge in [0.05, 0.1) is 12.5 Å². The number of hydrogen-bond acceptors (Lipinski definition) is 3. The number of aromatic nitrogens is 1. The highest BCUT2D eigenvalue weighted by Crippen LogP contribution is 2.40. The van der Waals surface area contributed by atoms with Crippen LogP contribution >= 0.6 is 0 Å². The molecule has 3 heterocycles. The van der Waals surface area contributed by atoms with Crippen LogP contribution in [0.5, 0.6) is 0 Å². The van der Waals surface area contributed by atoms with Crippen LogP contribution in [-0.2, 0) is 11.3 Å². The van der Waals surface area contributed by atoms with E-state index in [2.05, 4.69) is 35.6 Å². The summed E-state index contributed by atoms with van der Waals surface area (Å²) in [5, 5.41) is 2.29. The molecule has 0 N–H and O–H groups in total. The molecule has 1 aromatic rings. The molecule has 1 aliphatic carbocycles. The highest BCUT2D eigenvalue weighted by Gasteiger charge is 2.39. The van der Waals surface area contributed by atoms with Crippen LogP contribution in [0.2, 0.25) is 0 Å². The van der Waals surface area contributed by atoms with E-state index in [1.807, 2.05) is 0 Å². The molecular formula is C29H46N2O2. The fraction of sp³-hybridized carbons (Fsp3) is 0.759. The van der Waals surface area contributed by atoms with E-state index in [0.717, 1.165) is 72.1 Å². The zero-order valence-electron chi connectivity index (χ0n) is 21.4. The molecule has 4 heteroatoms. The normalized spacial score (nSPS) is 24.6. The number of carbonyl (C=O) groups excluding carboxylic acids is 1. The Morgan fingerprint density at radius 1 is 1.03 bits per heavy atom.